The van der Waals surface area contributed by atoms with Crippen LogP contribution in [-0.2, 0) is 0 Å². The molecule has 3 N–H and O–H groups in total. The predicted octanol–water partition coefficient (Wildman–Crippen LogP) is 1.90. The van der Waals surface area contributed by atoms with Crippen LogP contribution in [0, 0.1) is 5.92 Å². The Morgan fingerprint density at radius 2 is 2.26 bits per heavy atom. The molecule has 5 heteroatoms. The van der Waals surface area contributed by atoms with E-state index in [1.165, 1.54) is 0 Å². The van der Waals surface area contributed by atoms with E-state index in [1.807, 2.05) is 18.2 Å². The van der Waals surface area contributed by atoms with Gasteiger partial charge in [-0.05, 0) is 30.9 Å². The van der Waals surface area contributed by atoms with Crippen LogP contribution in [0.5, 0.6) is 5.75 Å². The number of nitrogens with one attached hydrogen (secondary N) is 1. The highest BCUT2D eigenvalue weighted by atomic mass is 16.5. The van der Waals surface area contributed by atoms with E-state index in [0.29, 0.717) is 12.0 Å². The average molecular weight is 263 g/mol. The second-order valence-electron chi connectivity index (χ2n) is 5.14. The van der Waals surface area contributed by atoms with Gasteiger partial charge in [-0.2, -0.15) is 0 Å². The molecule has 0 aliphatic heterocycles. The van der Waals surface area contributed by atoms with E-state index in [-0.39, 0.29) is 6.03 Å². The Labute approximate surface area is 113 Å². The summed E-state index contributed by atoms with van der Waals surface area (Å²) < 4.78 is 5.12. The van der Waals surface area contributed by atoms with Gasteiger partial charge in [0.25, 0.3) is 0 Å². The fourth-order valence-corrected chi connectivity index (χ4v) is 2.33. The summed E-state index contributed by atoms with van der Waals surface area (Å²) in [6, 6.07) is 7.54. The second kappa shape index (κ2) is 5.93. The van der Waals surface area contributed by atoms with E-state index in [1.54, 1.807) is 25.1 Å². The van der Waals surface area contributed by atoms with Crippen molar-refractivity contribution in [2.75, 3.05) is 26.0 Å². The van der Waals surface area contributed by atoms with Gasteiger partial charge in [-0.1, -0.05) is 6.07 Å². The van der Waals surface area contributed by atoms with Crippen molar-refractivity contribution in [1.82, 2.24) is 4.90 Å². The number of benzene rings is 1. The first kappa shape index (κ1) is 13.7. The van der Waals surface area contributed by atoms with Crippen LogP contribution in [0.15, 0.2) is 24.3 Å². The number of rotatable bonds is 4. The van der Waals surface area contributed by atoms with Crippen LogP contribution < -0.4 is 15.8 Å². The number of hydrogen-bond donors (Lipinski definition) is 2. The fourth-order valence-electron chi connectivity index (χ4n) is 2.33. The molecule has 19 heavy (non-hydrogen) atoms. The quantitative estimate of drug-likeness (QED) is 0.871. The normalized spacial score (nSPS) is 21.4. The van der Waals surface area contributed by atoms with Crippen molar-refractivity contribution < 1.29 is 9.53 Å². The molecule has 1 aliphatic carbocycles. The molecule has 0 radical (unpaired) electrons. The molecule has 0 aromatic heterocycles. The van der Waals surface area contributed by atoms with Gasteiger partial charge in [-0.15, -0.1) is 0 Å². The summed E-state index contributed by atoms with van der Waals surface area (Å²) in [6.07, 6.45) is 2.02. The molecule has 0 spiro atoms. The summed E-state index contributed by atoms with van der Waals surface area (Å²) in [5, 5.41) is 2.86. The topological polar surface area (TPSA) is 67.6 Å². The zero-order chi connectivity index (χ0) is 13.8. The number of urea groups is 1. The van der Waals surface area contributed by atoms with Crippen molar-refractivity contribution in [1.29, 1.82) is 0 Å². The monoisotopic (exact) mass is 263 g/mol. The lowest BCUT2D eigenvalue weighted by molar-refractivity contribution is 0.181. The lowest BCUT2D eigenvalue weighted by atomic mass is 9.81. The summed E-state index contributed by atoms with van der Waals surface area (Å²) in [5.41, 5.74) is 6.48. The van der Waals surface area contributed by atoms with Crippen LogP contribution in [0.3, 0.4) is 0 Å². The number of ether oxygens (including phenoxy) is 1. The molecule has 0 saturated heterocycles. The smallest absolute Gasteiger partial charge is 0.321 e. The van der Waals surface area contributed by atoms with Crippen LogP contribution in [0.2, 0.25) is 0 Å². The van der Waals surface area contributed by atoms with Crippen molar-refractivity contribution in [2.45, 2.75) is 18.9 Å². The molecule has 1 aliphatic rings. The van der Waals surface area contributed by atoms with Crippen molar-refractivity contribution in [3.8, 4) is 5.75 Å². The molecule has 1 saturated carbocycles. The summed E-state index contributed by atoms with van der Waals surface area (Å²) >= 11 is 0. The number of carbonyl (C=O) groups is 1. The maximum Gasteiger partial charge on any atom is 0.321 e. The summed E-state index contributed by atoms with van der Waals surface area (Å²) in [4.78, 5) is 13.7. The van der Waals surface area contributed by atoms with Crippen LogP contribution >= 0.6 is 0 Å². The van der Waals surface area contributed by atoms with Crippen LogP contribution in [0.4, 0.5) is 10.5 Å². The summed E-state index contributed by atoms with van der Waals surface area (Å²) in [5.74, 6) is 1.27. The molecule has 0 unspecified atom stereocenters. The SMILES string of the molecule is COc1cccc(NC(=O)N(C)CC2CC(N)C2)c1. The van der Waals surface area contributed by atoms with Crippen molar-refractivity contribution in [2.24, 2.45) is 11.7 Å². The minimum Gasteiger partial charge on any atom is -0.497 e. The van der Waals surface area contributed by atoms with E-state index in [4.69, 9.17) is 10.5 Å². The first-order chi connectivity index (χ1) is 9.08. The Kier molecular flexibility index (Phi) is 4.27. The van der Waals surface area contributed by atoms with Crippen LogP contribution in [-0.4, -0.2) is 37.7 Å². The molecule has 1 aromatic carbocycles. The maximum absolute atomic E-state index is 12.0. The van der Waals surface area contributed by atoms with E-state index in [2.05, 4.69) is 5.32 Å². The molecular weight excluding hydrogens is 242 g/mol. The lowest BCUT2D eigenvalue weighted by Crippen LogP contribution is -2.44. The Bertz CT molecular complexity index is 444. The highest BCUT2D eigenvalue weighted by Crippen LogP contribution is 2.26. The highest BCUT2D eigenvalue weighted by Gasteiger charge is 2.27. The van der Waals surface area contributed by atoms with E-state index in [0.717, 1.165) is 30.8 Å². The van der Waals surface area contributed by atoms with Gasteiger partial charge in [0.05, 0.1) is 7.11 Å². The van der Waals surface area contributed by atoms with Gasteiger partial charge < -0.3 is 20.7 Å². The molecule has 2 amide bonds. The van der Waals surface area contributed by atoms with Gasteiger partial charge in [0.2, 0.25) is 0 Å². The number of hydrogen-bond acceptors (Lipinski definition) is 3. The Morgan fingerprint density at radius 3 is 2.89 bits per heavy atom. The van der Waals surface area contributed by atoms with Gasteiger partial charge >= 0.3 is 6.03 Å². The lowest BCUT2D eigenvalue weighted by Gasteiger charge is -2.35. The van der Waals surface area contributed by atoms with Crippen LogP contribution in [0.1, 0.15) is 12.8 Å². The third kappa shape index (κ3) is 3.61. The Hall–Kier alpha value is -1.75. The number of amides is 2. The summed E-state index contributed by atoms with van der Waals surface area (Å²) in [6.45, 7) is 0.753. The van der Waals surface area contributed by atoms with Gasteiger partial charge in [-0.25, -0.2) is 4.79 Å². The van der Waals surface area contributed by atoms with E-state index >= 15 is 0 Å². The number of nitrogens with two attached hydrogens (primary N) is 1. The molecule has 1 fully saturated rings. The van der Waals surface area contributed by atoms with Crippen molar-refractivity contribution >= 4 is 11.7 Å². The highest BCUT2D eigenvalue weighted by molar-refractivity contribution is 5.89. The minimum absolute atomic E-state index is 0.103. The molecule has 104 valence electrons. The molecule has 2 rings (SSSR count). The molecule has 5 nitrogen and oxygen atoms in total. The zero-order valence-electron chi connectivity index (χ0n) is 11.4. The third-order valence-electron chi connectivity index (χ3n) is 3.47. The van der Waals surface area contributed by atoms with E-state index in [9.17, 15) is 4.79 Å². The second-order valence-corrected chi connectivity index (χ2v) is 5.14. The van der Waals surface area contributed by atoms with Crippen molar-refractivity contribution in [3.63, 3.8) is 0 Å². The van der Waals surface area contributed by atoms with E-state index < -0.39 is 0 Å². The summed E-state index contributed by atoms with van der Waals surface area (Å²) in [7, 11) is 3.41. The zero-order valence-corrected chi connectivity index (χ0v) is 11.4. The third-order valence-corrected chi connectivity index (χ3v) is 3.47. The molecule has 1 aromatic rings. The van der Waals surface area contributed by atoms with Gasteiger partial charge in [0, 0.05) is 31.4 Å². The number of nitrogens with zero attached hydrogens (tertiary/aromatic N) is 1. The average Bonchev–Trinajstić information content (AvgIpc) is 2.37. The number of carbonyl (C=O) groups excluding carboxylic acids is 1. The Morgan fingerprint density at radius 1 is 1.53 bits per heavy atom. The standard InChI is InChI=1S/C14H21N3O2/c1-17(9-10-6-11(15)7-10)14(18)16-12-4-3-5-13(8-12)19-2/h3-5,8,10-11H,6-7,9,15H2,1-2H3,(H,16,18). The fraction of sp³-hybridized carbons (Fsp3) is 0.500. The largest absolute Gasteiger partial charge is 0.497 e. The molecular formula is C14H21N3O2. The predicted molar refractivity (Wildman–Crippen MR) is 75.3 cm³/mol. The van der Waals surface area contributed by atoms with Gasteiger partial charge in [-0.3, -0.25) is 0 Å². The van der Waals surface area contributed by atoms with Gasteiger partial charge in [0.1, 0.15) is 5.75 Å². The van der Waals surface area contributed by atoms with Gasteiger partial charge in [0.15, 0.2) is 0 Å². The molecule has 0 heterocycles. The first-order valence-electron chi connectivity index (χ1n) is 6.50. The number of methoxy groups -OCH3 is 1. The molecule has 0 atom stereocenters. The minimum atomic E-state index is -0.103. The van der Waals surface area contributed by atoms with Crippen LogP contribution in [0.25, 0.3) is 0 Å². The first-order valence-corrected chi connectivity index (χ1v) is 6.50. The number of anilines is 1. The molecule has 0 bridgehead atoms. The van der Waals surface area contributed by atoms with Crippen molar-refractivity contribution in [3.05, 3.63) is 24.3 Å². The maximum atomic E-state index is 12.0. The Balaban J connectivity index is 1.85.